The number of nitrogens with one attached hydrogen (secondary N) is 1. The van der Waals surface area contributed by atoms with Crippen LogP contribution in [-0.2, 0) is 11.0 Å². The Balaban J connectivity index is 1.11. The molecule has 1 aromatic carbocycles. The third-order valence-corrected chi connectivity index (χ3v) is 11.2. The van der Waals surface area contributed by atoms with E-state index >= 15 is 0 Å². The van der Waals surface area contributed by atoms with Gasteiger partial charge in [-0.1, -0.05) is 0 Å². The Morgan fingerprint density at radius 3 is 2.58 bits per heavy atom. The number of halogens is 3. The number of thioether (sulfide) groups is 1. The van der Waals surface area contributed by atoms with Gasteiger partial charge in [0.15, 0.2) is 0 Å². The monoisotopic (exact) mass is 628 g/mol. The molecule has 12 heteroatoms. The van der Waals surface area contributed by atoms with E-state index in [1.54, 1.807) is 17.8 Å². The summed E-state index contributed by atoms with van der Waals surface area (Å²) in [5, 5.41) is 3.27. The molecule has 2 aromatic heterocycles. The molecule has 7 rings (SSSR count). The normalized spacial score (nSPS) is 19.7. The Morgan fingerprint density at radius 2 is 1.93 bits per heavy atom. The molecule has 228 valence electrons. The van der Waals surface area contributed by atoms with Crippen molar-refractivity contribution >= 4 is 46.8 Å². The van der Waals surface area contributed by atoms with Crippen LogP contribution in [0.3, 0.4) is 0 Å². The lowest BCUT2D eigenvalue weighted by atomic mass is 9.73. The number of hydrogen-bond donors (Lipinski definition) is 1. The number of benzene rings is 1. The first-order valence-corrected chi connectivity index (χ1v) is 16.6. The Bertz CT molecular complexity index is 1520. The number of amides is 1. The minimum Gasteiger partial charge on any atom is -0.370 e. The number of rotatable bonds is 11. The molecule has 3 aromatic rings. The van der Waals surface area contributed by atoms with Crippen LogP contribution in [0.25, 0.3) is 10.6 Å². The van der Waals surface area contributed by atoms with E-state index in [9.17, 15) is 18.0 Å². The molecular weight excluding hydrogens is 594 g/mol. The van der Waals surface area contributed by atoms with Gasteiger partial charge in [0.1, 0.15) is 5.56 Å². The average Bonchev–Trinajstić information content (AvgIpc) is 3.86. The minimum atomic E-state index is -4.58. The number of hydrogen-bond acceptors (Lipinski definition) is 8. The molecule has 7 nitrogen and oxygen atoms in total. The lowest BCUT2D eigenvalue weighted by Crippen LogP contribution is -2.71. The lowest BCUT2D eigenvalue weighted by molar-refractivity contribution is -0.137. The third kappa shape index (κ3) is 5.98. The number of likely N-dealkylation sites (tertiary alicyclic amines) is 1. The van der Waals surface area contributed by atoms with Crippen LogP contribution >= 0.6 is 23.1 Å². The molecule has 2 aliphatic carbocycles. The van der Waals surface area contributed by atoms with Gasteiger partial charge in [-0.3, -0.25) is 4.79 Å². The van der Waals surface area contributed by atoms with Gasteiger partial charge in [-0.15, -0.1) is 23.1 Å². The Hall–Kier alpha value is -2.83. The summed E-state index contributed by atoms with van der Waals surface area (Å²) in [5.41, 5.74) is 2.70. The highest BCUT2D eigenvalue weighted by atomic mass is 32.2. The average molecular weight is 629 g/mol. The van der Waals surface area contributed by atoms with Crippen molar-refractivity contribution in [1.29, 1.82) is 0 Å². The van der Waals surface area contributed by atoms with Gasteiger partial charge in [-0.2, -0.15) is 13.2 Å². The Kier molecular flexibility index (Phi) is 7.37. The molecule has 4 aliphatic rings. The zero-order valence-electron chi connectivity index (χ0n) is 24.3. The largest absolute Gasteiger partial charge is 0.420 e. The van der Waals surface area contributed by atoms with E-state index in [1.807, 2.05) is 17.9 Å². The van der Waals surface area contributed by atoms with E-state index in [0.29, 0.717) is 34.5 Å². The Labute approximate surface area is 257 Å². The van der Waals surface area contributed by atoms with Crippen molar-refractivity contribution in [2.24, 2.45) is 5.41 Å². The molecule has 1 amide bonds. The summed E-state index contributed by atoms with van der Waals surface area (Å²) in [6.07, 6.45) is 1.49. The van der Waals surface area contributed by atoms with Crippen molar-refractivity contribution in [1.82, 2.24) is 19.8 Å². The van der Waals surface area contributed by atoms with Gasteiger partial charge in [0.05, 0.1) is 10.6 Å². The van der Waals surface area contributed by atoms with Gasteiger partial charge in [0, 0.05) is 77.3 Å². The fourth-order valence-corrected chi connectivity index (χ4v) is 8.73. The molecule has 0 radical (unpaired) electrons. The molecule has 2 aliphatic heterocycles. The second kappa shape index (κ2) is 11.0. The summed E-state index contributed by atoms with van der Waals surface area (Å²) in [6, 6.07) is 8.48. The maximum absolute atomic E-state index is 14.1. The van der Waals surface area contributed by atoms with Crippen molar-refractivity contribution < 1.29 is 18.0 Å². The number of carbonyl (C=O) groups excluding carboxylic acids is 1. The van der Waals surface area contributed by atoms with Crippen molar-refractivity contribution in [3.63, 3.8) is 0 Å². The number of anilines is 3. The van der Waals surface area contributed by atoms with Crippen LogP contribution in [0.4, 0.5) is 30.5 Å². The standard InChI is InChI=1S/C31H35F3N6OS2/c1-19-26(42-10-9-39(18-41)21-5-6-21)12-27(43-19)28-24(31(32,33)34)13-35-29(37-28)36-25-8-7-22(11-23(25)20-3-4-20)40-16-30(17-40)14-38(2)15-30/h7-8,11-13,18,20-21H,3-6,9-10,14-17H2,1-2H3,(H,35,36,37). The van der Waals surface area contributed by atoms with Gasteiger partial charge in [0.25, 0.3) is 0 Å². The molecule has 4 heterocycles. The van der Waals surface area contributed by atoms with Gasteiger partial charge in [0.2, 0.25) is 12.4 Å². The topological polar surface area (TPSA) is 64.6 Å². The molecule has 1 spiro atoms. The summed E-state index contributed by atoms with van der Waals surface area (Å²) in [6.45, 7) is 6.96. The predicted molar refractivity (Wildman–Crippen MR) is 165 cm³/mol. The molecule has 2 saturated heterocycles. The molecule has 43 heavy (non-hydrogen) atoms. The highest BCUT2D eigenvalue weighted by molar-refractivity contribution is 7.99. The van der Waals surface area contributed by atoms with E-state index in [-0.39, 0.29) is 11.6 Å². The fourth-order valence-electron chi connectivity index (χ4n) is 6.51. The van der Waals surface area contributed by atoms with Crippen molar-refractivity contribution in [2.45, 2.75) is 55.6 Å². The van der Waals surface area contributed by atoms with E-state index in [0.717, 1.165) is 79.9 Å². The number of aryl methyl sites for hydroxylation is 1. The smallest absolute Gasteiger partial charge is 0.370 e. The van der Waals surface area contributed by atoms with E-state index in [2.05, 4.69) is 44.3 Å². The van der Waals surface area contributed by atoms with Crippen LogP contribution in [0.2, 0.25) is 0 Å². The van der Waals surface area contributed by atoms with Gasteiger partial charge >= 0.3 is 6.18 Å². The zero-order valence-corrected chi connectivity index (χ0v) is 25.9. The summed E-state index contributed by atoms with van der Waals surface area (Å²) in [4.78, 5) is 28.8. The van der Waals surface area contributed by atoms with Crippen LogP contribution < -0.4 is 10.2 Å². The second-order valence-corrected chi connectivity index (χ2v) is 15.0. The second-order valence-electron chi connectivity index (χ2n) is 12.6. The molecular formula is C31H35F3N6OS2. The van der Waals surface area contributed by atoms with Crippen LogP contribution in [-0.4, -0.2) is 77.7 Å². The first-order valence-electron chi connectivity index (χ1n) is 14.8. The van der Waals surface area contributed by atoms with E-state index in [1.165, 1.54) is 22.6 Å². The molecule has 0 atom stereocenters. The summed E-state index contributed by atoms with van der Waals surface area (Å²) < 4.78 is 42.3. The summed E-state index contributed by atoms with van der Waals surface area (Å²) in [7, 11) is 2.16. The van der Waals surface area contributed by atoms with Crippen molar-refractivity contribution in [2.75, 3.05) is 55.7 Å². The summed E-state index contributed by atoms with van der Waals surface area (Å²) >= 11 is 2.87. The lowest BCUT2D eigenvalue weighted by Gasteiger charge is -2.60. The number of thiophene rings is 1. The first kappa shape index (κ1) is 28.9. The van der Waals surface area contributed by atoms with Gasteiger partial charge in [-0.25, -0.2) is 9.97 Å². The molecule has 4 fully saturated rings. The zero-order chi connectivity index (χ0) is 29.9. The van der Waals surface area contributed by atoms with Crippen LogP contribution in [0.5, 0.6) is 0 Å². The van der Waals surface area contributed by atoms with Crippen molar-refractivity contribution in [3.05, 3.63) is 46.5 Å². The maximum atomic E-state index is 14.1. The van der Waals surface area contributed by atoms with Gasteiger partial charge < -0.3 is 20.0 Å². The van der Waals surface area contributed by atoms with Crippen LogP contribution in [0.15, 0.2) is 35.4 Å². The predicted octanol–water partition coefficient (Wildman–Crippen LogP) is 6.62. The fraction of sp³-hybridized carbons (Fsp3) is 0.516. The van der Waals surface area contributed by atoms with E-state index in [4.69, 9.17) is 0 Å². The molecule has 2 saturated carbocycles. The molecule has 1 N–H and O–H groups in total. The number of carbonyl (C=O) groups is 1. The minimum absolute atomic E-state index is 0.113. The highest BCUT2D eigenvalue weighted by Crippen LogP contribution is 2.48. The van der Waals surface area contributed by atoms with Crippen molar-refractivity contribution in [3.8, 4) is 10.6 Å². The number of alkyl halides is 3. The quantitative estimate of drug-likeness (QED) is 0.189. The molecule has 0 unspecified atom stereocenters. The highest BCUT2D eigenvalue weighted by Gasteiger charge is 2.50. The number of aromatic nitrogens is 2. The SMILES string of the molecule is Cc1sc(-c2nc(Nc3ccc(N4CC5(CN(C)C5)C4)cc3C3CC3)ncc2C(F)(F)F)cc1SCCN(C=O)C1CC1. The van der Waals surface area contributed by atoms with Crippen LogP contribution in [0.1, 0.15) is 47.6 Å². The Morgan fingerprint density at radius 1 is 1.16 bits per heavy atom. The van der Waals surface area contributed by atoms with Gasteiger partial charge in [-0.05, 0) is 75.4 Å². The summed E-state index contributed by atoms with van der Waals surface area (Å²) in [5.74, 6) is 1.28. The molecule has 0 bridgehead atoms. The van der Waals surface area contributed by atoms with Crippen LogP contribution in [0, 0.1) is 12.3 Å². The first-order chi connectivity index (χ1) is 20.6. The number of nitrogens with zero attached hydrogens (tertiary/aromatic N) is 5. The maximum Gasteiger partial charge on any atom is 0.420 e. The third-order valence-electron chi connectivity index (χ3n) is 8.89. The van der Waals surface area contributed by atoms with E-state index < -0.39 is 11.7 Å².